The van der Waals surface area contributed by atoms with E-state index >= 15 is 0 Å². The van der Waals surface area contributed by atoms with Gasteiger partial charge in [-0.3, -0.25) is 0 Å². The summed E-state index contributed by atoms with van der Waals surface area (Å²) >= 11 is 5.94. The van der Waals surface area contributed by atoms with Crippen LogP contribution in [0.2, 0.25) is 5.02 Å². The molecule has 0 saturated carbocycles. The average Bonchev–Trinajstić information content (AvgIpc) is 2.35. The summed E-state index contributed by atoms with van der Waals surface area (Å²) < 4.78 is 0. The van der Waals surface area contributed by atoms with Crippen LogP contribution in [0.3, 0.4) is 0 Å². The fourth-order valence-corrected chi connectivity index (χ4v) is 1.83. The molecule has 0 fully saturated rings. The van der Waals surface area contributed by atoms with Crippen LogP contribution in [0.25, 0.3) is 0 Å². The van der Waals surface area contributed by atoms with Gasteiger partial charge in [0, 0.05) is 17.9 Å². The van der Waals surface area contributed by atoms with E-state index in [0.29, 0.717) is 28.6 Å². The van der Waals surface area contributed by atoms with Crippen LogP contribution in [0.4, 0.5) is 22.7 Å². The Morgan fingerprint density at radius 2 is 1.83 bits per heavy atom. The van der Waals surface area contributed by atoms with Crippen LogP contribution >= 0.6 is 11.6 Å². The Kier molecular flexibility index (Phi) is 3.48. The van der Waals surface area contributed by atoms with E-state index in [0.717, 1.165) is 11.3 Å². The Balaban J connectivity index is 2.16. The molecule has 0 aliphatic heterocycles. The molecule has 0 radical (unpaired) electrons. The topological polar surface area (TPSA) is 90.1 Å². The van der Waals surface area contributed by atoms with Crippen molar-refractivity contribution in [2.24, 2.45) is 0 Å². The van der Waals surface area contributed by atoms with E-state index in [9.17, 15) is 0 Å². The summed E-state index contributed by atoms with van der Waals surface area (Å²) in [6.07, 6.45) is 0. The van der Waals surface area contributed by atoms with Gasteiger partial charge in [-0.1, -0.05) is 17.7 Å². The number of nitrogens with one attached hydrogen (secondary N) is 1. The van der Waals surface area contributed by atoms with Crippen molar-refractivity contribution >= 4 is 34.4 Å². The van der Waals surface area contributed by atoms with Crippen LogP contribution < -0.4 is 22.5 Å². The van der Waals surface area contributed by atoms with E-state index in [4.69, 9.17) is 28.8 Å². The number of rotatable bonds is 3. The van der Waals surface area contributed by atoms with Gasteiger partial charge in [0.2, 0.25) is 0 Å². The van der Waals surface area contributed by atoms with Crippen molar-refractivity contribution in [1.29, 1.82) is 0 Å². The highest BCUT2D eigenvalue weighted by molar-refractivity contribution is 6.33. The van der Waals surface area contributed by atoms with E-state index in [-0.39, 0.29) is 0 Å². The number of halogens is 1. The molecule has 0 heterocycles. The van der Waals surface area contributed by atoms with Crippen molar-refractivity contribution in [3.8, 4) is 0 Å². The average molecular weight is 263 g/mol. The third-order valence-corrected chi connectivity index (χ3v) is 3.02. The first-order chi connectivity index (χ1) is 8.58. The van der Waals surface area contributed by atoms with E-state index < -0.39 is 0 Å². The molecule has 2 aromatic carbocycles. The minimum absolute atomic E-state index is 0.528. The molecular weight excluding hydrogens is 248 g/mol. The zero-order chi connectivity index (χ0) is 13.1. The van der Waals surface area contributed by atoms with Crippen molar-refractivity contribution in [1.82, 2.24) is 0 Å². The summed E-state index contributed by atoms with van der Waals surface area (Å²) in [4.78, 5) is 0. The van der Waals surface area contributed by atoms with Crippen LogP contribution in [0, 0.1) is 0 Å². The molecule has 0 aliphatic rings. The highest BCUT2D eigenvalue weighted by atomic mass is 35.5. The molecule has 7 N–H and O–H groups in total. The Hall–Kier alpha value is -2.07. The first kappa shape index (κ1) is 12.4. The maximum absolute atomic E-state index is 5.94. The number of hydrogen-bond donors (Lipinski definition) is 4. The number of anilines is 4. The summed E-state index contributed by atoms with van der Waals surface area (Å²) in [5.41, 5.74) is 21.1. The van der Waals surface area contributed by atoms with Crippen LogP contribution in [0.15, 0.2) is 36.4 Å². The molecule has 2 rings (SSSR count). The van der Waals surface area contributed by atoms with Gasteiger partial charge < -0.3 is 22.5 Å². The molecule has 0 spiro atoms. The summed E-state index contributed by atoms with van der Waals surface area (Å²) in [5, 5.41) is 3.72. The van der Waals surface area contributed by atoms with Gasteiger partial charge >= 0.3 is 0 Å². The van der Waals surface area contributed by atoms with Crippen molar-refractivity contribution < 1.29 is 0 Å². The van der Waals surface area contributed by atoms with Crippen LogP contribution in [-0.4, -0.2) is 0 Å². The third-order valence-electron chi connectivity index (χ3n) is 2.69. The molecule has 4 nitrogen and oxygen atoms in total. The normalized spacial score (nSPS) is 10.3. The molecule has 0 unspecified atom stereocenters. The molecular formula is C13H15ClN4. The maximum Gasteiger partial charge on any atom is 0.0739 e. The van der Waals surface area contributed by atoms with E-state index in [2.05, 4.69) is 5.32 Å². The monoisotopic (exact) mass is 262 g/mol. The van der Waals surface area contributed by atoms with Gasteiger partial charge in [-0.2, -0.15) is 0 Å². The minimum atomic E-state index is 0.528. The summed E-state index contributed by atoms with van der Waals surface area (Å²) in [5.74, 6) is 0. The van der Waals surface area contributed by atoms with Crippen molar-refractivity contribution in [2.75, 3.05) is 22.5 Å². The SMILES string of the molecule is Nc1ccc(N)c(CNc2cccc(Cl)c2N)c1. The fraction of sp³-hybridized carbons (Fsp3) is 0.0769. The fourth-order valence-electron chi connectivity index (χ4n) is 1.66. The molecule has 0 saturated heterocycles. The molecule has 0 aliphatic carbocycles. The lowest BCUT2D eigenvalue weighted by Crippen LogP contribution is -2.05. The van der Waals surface area contributed by atoms with E-state index in [1.54, 1.807) is 18.2 Å². The zero-order valence-electron chi connectivity index (χ0n) is 9.78. The summed E-state index contributed by atoms with van der Waals surface area (Å²) in [7, 11) is 0. The van der Waals surface area contributed by atoms with Gasteiger partial charge in [-0.05, 0) is 35.9 Å². The Morgan fingerprint density at radius 1 is 1.06 bits per heavy atom. The number of nitrogens with two attached hydrogens (primary N) is 3. The van der Waals surface area contributed by atoms with E-state index in [1.807, 2.05) is 18.2 Å². The first-order valence-electron chi connectivity index (χ1n) is 5.49. The third kappa shape index (κ3) is 2.60. The second-order valence-electron chi connectivity index (χ2n) is 4.01. The second kappa shape index (κ2) is 5.06. The standard InChI is InChI=1S/C13H15ClN4/c14-10-2-1-3-12(13(10)17)18-7-8-6-9(15)4-5-11(8)16/h1-6,18H,7,15-17H2. The second-order valence-corrected chi connectivity index (χ2v) is 4.42. The smallest absolute Gasteiger partial charge is 0.0739 e. The molecule has 0 aromatic heterocycles. The maximum atomic E-state index is 5.94. The van der Waals surface area contributed by atoms with Crippen molar-refractivity contribution in [2.45, 2.75) is 6.54 Å². The van der Waals surface area contributed by atoms with Crippen LogP contribution in [-0.2, 0) is 6.54 Å². The lowest BCUT2D eigenvalue weighted by atomic mass is 10.1. The predicted molar refractivity (Wildman–Crippen MR) is 78.5 cm³/mol. The Labute approximate surface area is 111 Å². The van der Waals surface area contributed by atoms with Gasteiger partial charge in [0.05, 0.1) is 16.4 Å². The number of para-hydroxylation sites is 1. The predicted octanol–water partition coefficient (Wildman–Crippen LogP) is 2.70. The first-order valence-corrected chi connectivity index (χ1v) is 5.87. The molecule has 5 heteroatoms. The number of hydrogen-bond acceptors (Lipinski definition) is 4. The highest BCUT2D eigenvalue weighted by Crippen LogP contribution is 2.27. The Morgan fingerprint density at radius 3 is 2.61 bits per heavy atom. The molecule has 0 atom stereocenters. The van der Waals surface area contributed by atoms with Crippen molar-refractivity contribution in [3.05, 3.63) is 47.0 Å². The summed E-state index contributed by atoms with van der Waals surface area (Å²) in [6.45, 7) is 0.543. The molecule has 0 bridgehead atoms. The lowest BCUT2D eigenvalue weighted by molar-refractivity contribution is 1.16. The number of benzene rings is 2. The highest BCUT2D eigenvalue weighted by Gasteiger charge is 2.04. The van der Waals surface area contributed by atoms with Crippen molar-refractivity contribution in [3.63, 3.8) is 0 Å². The summed E-state index contributed by atoms with van der Waals surface area (Å²) in [6, 6.07) is 10.8. The van der Waals surface area contributed by atoms with E-state index in [1.165, 1.54) is 0 Å². The van der Waals surface area contributed by atoms with Gasteiger partial charge in [-0.25, -0.2) is 0 Å². The molecule has 18 heavy (non-hydrogen) atoms. The molecule has 0 amide bonds. The zero-order valence-corrected chi connectivity index (χ0v) is 10.5. The van der Waals surface area contributed by atoms with Crippen LogP contribution in [0.1, 0.15) is 5.56 Å². The van der Waals surface area contributed by atoms with Gasteiger partial charge in [0.25, 0.3) is 0 Å². The molecule has 2 aromatic rings. The Bertz CT molecular complexity index is 567. The number of nitrogen functional groups attached to an aromatic ring is 3. The molecule has 94 valence electrons. The van der Waals surface area contributed by atoms with Crippen LogP contribution in [0.5, 0.6) is 0 Å². The minimum Gasteiger partial charge on any atom is -0.399 e. The lowest BCUT2D eigenvalue weighted by Gasteiger charge is -2.12. The van der Waals surface area contributed by atoms with Gasteiger partial charge in [-0.15, -0.1) is 0 Å². The van der Waals surface area contributed by atoms with Gasteiger partial charge in [0.15, 0.2) is 0 Å². The quantitative estimate of drug-likeness (QED) is 0.640. The largest absolute Gasteiger partial charge is 0.399 e. The van der Waals surface area contributed by atoms with Gasteiger partial charge in [0.1, 0.15) is 0 Å².